The molecule has 8 heteroatoms. The first-order valence-corrected chi connectivity index (χ1v) is 8.84. The molecule has 0 aliphatic heterocycles. The van der Waals surface area contributed by atoms with Crippen LogP contribution < -0.4 is 14.2 Å². The van der Waals surface area contributed by atoms with Crippen molar-refractivity contribution in [3.8, 4) is 28.7 Å². The van der Waals surface area contributed by atoms with E-state index in [0.29, 0.717) is 28.4 Å². The average Bonchev–Trinajstić information content (AvgIpc) is 3.21. The Labute approximate surface area is 168 Å². The molecule has 29 heavy (non-hydrogen) atoms. The number of methoxy groups -OCH3 is 3. The minimum atomic E-state index is -0.446. The molecule has 0 radical (unpaired) electrons. The first-order valence-electron chi connectivity index (χ1n) is 8.84. The molecule has 0 spiro atoms. The Morgan fingerprint density at radius 3 is 2.28 bits per heavy atom. The summed E-state index contributed by atoms with van der Waals surface area (Å²) >= 11 is 0. The zero-order chi connectivity index (χ0) is 21.0. The van der Waals surface area contributed by atoms with Crippen LogP contribution in [0.2, 0.25) is 0 Å². The summed E-state index contributed by atoms with van der Waals surface area (Å²) in [6.07, 6.45) is 0. The van der Waals surface area contributed by atoms with Crippen molar-refractivity contribution in [3.05, 3.63) is 52.9 Å². The van der Waals surface area contributed by atoms with E-state index in [-0.39, 0.29) is 18.4 Å². The second-order valence-electron chi connectivity index (χ2n) is 6.31. The molecule has 2 aromatic carbocycles. The van der Waals surface area contributed by atoms with Crippen LogP contribution >= 0.6 is 0 Å². The Balaban J connectivity index is 1.77. The smallest absolute Gasteiger partial charge is 0.338 e. The lowest BCUT2D eigenvalue weighted by atomic mass is 10.1. The molecule has 3 aromatic rings. The van der Waals surface area contributed by atoms with Crippen LogP contribution in [-0.4, -0.2) is 37.5 Å². The first kappa shape index (κ1) is 20.2. The second kappa shape index (κ2) is 8.64. The highest BCUT2D eigenvalue weighted by Crippen LogP contribution is 2.40. The maximum atomic E-state index is 12.3. The van der Waals surface area contributed by atoms with Crippen molar-refractivity contribution in [2.45, 2.75) is 20.5 Å². The predicted molar refractivity (Wildman–Crippen MR) is 104 cm³/mol. The van der Waals surface area contributed by atoms with E-state index in [1.54, 1.807) is 18.2 Å². The summed E-state index contributed by atoms with van der Waals surface area (Å²) in [5.74, 6) is 1.35. The number of esters is 1. The van der Waals surface area contributed by atoms with Crippen LogP contribution in [0, 0.1) is 13.8 Å². The highest BCUT2D eigenvalue weighted by atomic mass is 16.5. The van der Waals surface area contributed by atoms with Crippen LogP contribution in [0.5, 0.6) is 17.2 Å². The average molecular weight is 398 g/mol. The molecule has 1 heterocycles. The molecule has 3 rings (SSSR count). The van der Waals surface area contributed by atoms with Gasteiger partial charge in [0, 0.05) is 5.56 Å². The largest absolute Gasteiger partial charge is 0.493 e. The molecule has 0 saturated heterocycles. The number of carbonyl (C=O) groups is 1. The maximum Gasteiger partial charge on any atom is 0.338 e. The predicted octanol–water partition coefficient (Wildman–Crippen LogP) is 3.74. The third-order valence-electron chi connectivity index (χ3n) is 4.32. The summed E-state index contributed by atoms with van der Waals surface area (Å²) in [6, 6.07) is 8.99. The summed E-state index contributed by atoms with van der Waals surface area (Å²) in [5.41, 5.74) is 2.91. The molecule has 0 N–H and O–H groups in total. The van der Waals surface area contributed by atoms with Crippen molar-refractivity contribution in [1.29, 1.82) is 0 Å². The number of rotatable bonds is 7. The van der Waals surface area contributed by atoms with Crippen molar-refractivity contribution in [1.82, 2.24) is 10.2 Å². The second-order valence-corrected chi connectivity index (χ2v) is 6.31. The van der Waals surface area contributed by atoms with Gasteiger partial charge in [-0.2, -0.15) is 0 Å². The number of aryl methyl sites for hydroxylation is 2. The number of hydrogen-bond donors (Lipinski definition) is 0. The lowest BCUT2D eigenvalue weighted by molar-refractivity contribution is 0.0437. The highest BCUT2D eigenvalue weighted by molar-refractivity contribution is 5.91. The van der Waals surface area contributed by atoms with Crippen LogP contribution in [-0.2, 0) is 11.3 Å². The topological polar surface area (TPSA) is 92.9 Å². The minimum absolute atomic E-state index is 0.135. The van der Waals surface area contributed by atoms with Gasteiger partial charge in [0.15, 0.2) is 18.1 Å². The number of carbonyl (C=O) groups excluding carboxylic acids is 1. The van der Waals surface area contributed by atoms with E-state index in [0.717, 1.165) is 11.1 Å². The van der Waals surface area contributed by atoms with Gasteiger partial charge in [-0.1, -0.05) is 17.7 Å². The molecular formula is C21H22N2O6. The molecule has 0 amide bonds. The highest BCUT2D eigenvalue weighted by Gasteiger charge is 2.18. The molecule has 0 bridgehead atoms. The van der Waals surface area contributed by atoms with Crippen molar-refractivity contribution in [2.75, 3.05) is 21.3 Å². The monoisotopic (exact) mass is 398 g/mol. The number of benzene rings is 2. The van der Waals surface area contributed by atoms with E-state index in [1.165, 1.54) is 21.3 Å². The van der Waals surface area contributed by atoms with Crippen molar-refractivity contribution < 1.29 is 28.2 Å². The van der Waals surface area contributed by atoms with Gasteiger partial charge in [-0.25, -0.2) is 4.79 Å². The Bertz CT molecular complexity index is 1000. The van der Waals surface area contributed by atoms with Gasteiger partial charge in [-0.05, 0) is 37.6 Å². The minimum Gasteiger partial charge on any atom is -0.493 e. The quantitative estimate of drug-likeness (QED) is 0.556. The SMILES string of the molecule is COc1cc(-c2nnc(COC(=O)c3cc(C)ccc3C)o2)cc(OC)c1OC. The standard InChI is InChI=1S/C21H22N2O6/c1-12-6-7-13(2)15(8-12)21(24)28-11-18-22-23-20(29-18)14-9-16(25-3)19(27-5)17(10-14)26-4/h6-10H,11H2,1-5H3. The van der Waals surface area contributed by atoms with Gasteiger partial charge >= 0.3 is 5.97 Å². The van der Waals surface area contributed by atoms with Gasteiger partial charge < -0.3 is 23.4 Å². The molecule has 0 unspecified atom stereocenters. The third-order valence-corrected chi connectivity index (χ3v) is 4.32. The number of nitrogens with zero attached hydrogens (tertiary/aromatic N) is 2. The van der Waals surface area contributed by atoms with Crippen LogP contribution in [0.1, 0.15) is 27.4 Å². The molecule has 0 atom stereocenters. The van der Waals surface area contributed by atoms with Gasteiger partial charge in [0.25, 0.3) is 5.89 Å². The first-order chi connectivity index (χ1) is 14.0. The van der Waals surface area contributed by atoms with Crippen LogP contribution in [0.15, 0.2) is 34.7 Å². The maximum absolute atomic E-state index is 12.3. The zero-order valence-corrected chi connectivity index (χ0v) is 16.9. The zero-order valence-electron chi connectivity index (χ0n) is 16.9. The van der Waals surface area contributed by atoms with E-state index in [1.807, 2.05) is 26.0 Å². The van der Waals surface area contributed by atoms with E-state index in [2.05, 4.69) is 10.2 Å². The Morgan fingerprint density at radius 1 is 0.966 bits per heavy atom. The number of ether oxygens (including phenoxy) is 4. The molecule has 1 aromatic heterocycles. The Kier molecular flexibility index (Phi) is 6.01. The van der Waals surface area contributed by atoms with Crippen LogP contribution in [0.25, 0.3) is 11.5 Å². The lowest BCUT2D eigenvalue weighted by Crippen LogP contribution is -2.07. The van der Waals surface area contributed by atoms with E-state index < -0.39 is 5.97 Å². The summed E-state index contributed by atoms with van der Waals surface area (Å²) in [5, 5.41) is 7.96. The molecule has 0 fully saturated rings. The molecular weight excluding hydrogens is 376 g/mol. The van der Waals surface area contributed by atoms with Gasteiger partial charge in [0.05, 0.1) is 26.9 Å². The summed E-state index contributed by atoms with van der Waals surface area (Å²) in [6.45, 7) is 3.63. The molecule has 0 aliphatic rings. The van der Waals surface area contributed by atoms with Crippen LogP contribution in [0.3, 0.4) is 0 Å². The van der Waals surface area contributed by atoms with E-state index in [9.17, 15) is 4.79 Å². The fraction of sp³-hybridized carbons (Fsp3) is 0.286. The number of hydrogen-bond acceptors (Lipinski definition) is 8. The fourth-order valence-corrected chi connectivity index (χ4v) is 2.79. The van der Waals surface area contributed by atoms with Crippen molar-refractivity contribution in [2.24, 2.45) is 0 Å². The fourth-order valence-electron chi connectivity index (χ4n) is 2.79. The summed E-state index contributed by atoms with van der Waals surface area (Å²) in [7, 11) is 4.56. The molecule has 8 nitrogen and oxygen atoms in total. The third kappa shape index (κ3) is 4.31. The Hall–Kier alpha value is -3.55. The Morgan fingerprint density at radius 2 is 1.66 bits per heavy atom. The van der Waals surface area contributed by atoms with E-state index >= 15 is 0 Å². The van der Waals surface area contributed by atoms with Gasteiger partial charge in [0.2, 0.25) is 11.6 Å². The summed E-state index contributed by atoms with van der Waals surface area (Å²) < 4.78 is 26.9. The lowest BCUT2D eigenvalue weighted by Gasteiger charge is -2.12. The van der Waals surface area contributed by atoms with Crippen molar-refractivity contribution in [3.63, 3.8) is 0 Å². The summed E-state index contributed by atoms with van der Waals surface area (Å²) in [4.78, 5) is 12.3. The van der Waals surface area contributed by atoms with E-state index in [4.69, 9.17) is 23.4 Å². The van der Waals surface area contributed by atoms with Crippen LogP contribution in [0.4, 0.5) is 0 Å². The molecule has 152 valence electrons. The normalized spacial score (nSPS) is 10.5. The molecule has 0 saturated carbocycles. The molecule has 0 aliphatic carbocycles. The van der Waals surface area contributed by atoms with Crippen molar-refractivity contribution >= 4 is 5.97 Å². The van der Waals surface area contributed by atoms with Gasteiger partial charge in [0.1, 0.15) is 0 Å². The van der Waals surface area contributed by atoms with Gasteiger partial charge in [-0.3, -0.25) is 0 Å². The van der Waals surface area contributed by atoms with Gasteiger partial charge in [-0.15, -0.1) is 10.2 Å². The number of aromatic nitrogens is 2.